The second-order valence-corrected chi connectivity index (χ2v) is 9.41. The lowest BCUT2D eigenvalue weighted by Gasteiger charge is -2.12. The molecule has 36 heavy (non-hydrogen) atoms. The van der Waals surface area contributed by atoms with Crippen molar-refractivity contribution in [3.63, 3.8) is 0 Å². The van der Waals surface area contributed by atoms with Crippen molar-refractivity contribution < 1.29 is 23.5 Å². The maximum absolute atomic E-state index is 13.4. The Morgan fingerprint density at radius 2 is 1.81 bits per heavy atom. The summed E-state index contributed by atoms with van der Waals surface area (Å²) in [6, 6.07) is 14.6. The molecule has 0 aliphatic heterocycles. The number of nitrogens with one attached hydrogen (secondary N) is 1. The SMILES string of the molecule is CCOC(=O)c1c(NC(=O)COc2c(-c3ccccc3)oc3ccc(CC)cc3c2=O)sc(C)c1C. The molecule has 8 heteroatoms. The number of thiophene rings is 1. The number of carbonyl (C=O) groups is 2. The lowest BCUT2D eigenvalue weighted by molar-refractivity contribution is -0.118. The molecule has 2 aromatic heterocycles. The normalized spacial score (nSPS) is 10.9. The van der Waals surface area contributed by atoms with Crippen LogP contribution in [0.3, 0.4) is 0 Å². The summed E-state index contributed by atoms with van der Waals surface area (Å²) in [5.74, 6) is -0.798. The van der Waals surface area contributed by atoms with E-state index in [1.807, 2.05) is 38.1 Å². The van der Waals surface area contributed by atoms with Crippen LogP contribution >= 0.6 is 11.3 Å². The van der Waals surface area contributed by atoms with Gasteiger partial charge in [0.25, 0.3) is 5.91 Å². The minimum Gasteiger partial charge on any atom is -0.476 e. The van der Waals surface area contributed by atoms with Gasteiger partial charge in [-0.3, -0.25) is 9.59 Å². The number of rotatable bonds is 8. The smallest absolute Gasteiger partial charge is 0.341 e. The molecule has 186 valence electrons. The maximum Gasteiger partial charge on any atom is 0.341 e. The molecule has 0 atom stereocenters. The lowest BCUT2D eigenvalue weighted by Crippen LogP contribution is -2.23. The molecule has 0 unspecified atom stereocenters. The Balaban J connectivity index is 1.66. The van der Waals surface area contributed by atoms with E-state index < -0.39 is 18.5 Å². The van der Waals surface area contributed by atoms with Gasteiger partial charge >= 0.3 is 5.97 Å². The number of hydrogen-bond donors (Lipinski definition) is 1. The number of ether oxygens (including phenoxy) is 2. The maximum atomic E-state index is 13.4. The Morgan fingerprint density at radius 3 is 2.50 bits per heavy atom. The molecule has 0 saturated carbocycles. The van der Waals surface area contributed by atoms with E-state index in [4.69, 9.17) is 13.9 Å². The van der Waals surface area contributed by atoms with Crippen molar-refractivity contribution in [3.05, 3.63) is 80.3 Å². The van der Waals surface area contributed by atoms with Gasteiger partial charge in [-0.2, -0.15) is 0 Å². The lowest BCUT2D eigenvalue weighted by atomic mass is 10.1. The third kappa shape index (κ3) is 5.04. The van der Waals surface area contributed by atoms with E-state index in [2.05, 4.69) is 5.32 Å². The molecule has 2 aromatic carbocycles. The first kappa shape index (κ1) is 25.2. The zero-order chi connectivity index (χ0) is 25.8. The van der Waals surface area contributed by atoms with Crippen molar-refractivity contribution in [1.82, 2.24) is 0 Å². The van der Waals surface area contributed by atoms with Gasteiger partial charge in [0.1, 0.15) is 10.6 Å². The molecule has 0 aliphatic carbocycles. The highest BCUT2D eigenvalue weighted by molar-refractivity contribution is 7.16. The van der Waals surface area contributed by atoms with Crippen LogP contribution in [-0.2, 0) is 16.0 Å². The number of esters is 1. The van der Waals surface area contributed by atoms with E-state index >= 15 is 0 Å². The molecule has 1 N–H and O–H groups in total. The first-order valence-electron chi connectivity index (χ1n) is 11.7. The predicted octanol–water partition coefficient (Wildman–Crippen LogP) is 5.89. The first-order chi connectivity index (χ1) is 17.3. The predicted molar refractivity (Wildman–Crippen MR) is 141 cm³/mol. The molecule has 0 saturated heterocycles. The number of fused-ring (bicyclic) bond motifs is 1. The second-order valence-electron chi connectivity index (χ2n) is 8.18. The fourth-order valence-corrected chi connectivity index (χ4v) is 4.89. The third-order valence-corrected chi connectivity index (χ3v) is 6.95. The van der Waals surface area contributed by atoms with Gasteiger partial charge in [-0.05, 0) is 50.5 Å². The minimum absolute atomic E-state index is 0.0405. The van der Waals surface area contributed by atoms with Crippen molar-refractivity contribution in [2.45, 2.75) is 34.1 Å². The summed E-state index contributed by atoms with van der Waals surface area (Å²) >= 11 is 1.29. The fraction of sp³-hybridized carbons (Fsp3) is 0.250. The monoisotopic (exact) mass is 505 g/mol. The topological polar surface area (TPSA) is 94.8 Å². The van der Waals surface area contributed by atoms with Gasteiger partial charge in [-0.15, -0.1) is 11.3 Å². The zero-order valence-corrected chi connectivity index (χ0v) is 21.4. The molecule has 0 spiro atoms. The van der Waals surface area contributed by atoms with Gasteiger partial charge in [-0.1, -0.05) is 43.3 Å². The van der Waals surface area contributed by atoms with E-state index in [1.54, 1.807) is 38.1 Å². The van der Waals surface area contributed by atoms with E-state index in [-0.39, 0.29) is 23.5 Å². The van der Waals surface area contributed by atoms with Gasteiger partial charge in [0, 0.05) is 10.4 Å². The van der Waals surface area contributed by atoms with Crippen molar-refractivity contribution in [2.24, 2.45) is 0 Å². The van der Waals surface area contributed by atoms with Crippen molar-refractivity contribution in [1.29, 1.82) is 0 Å². The van der Waals surface area contributed by atoms with Crippen LogP contribution in [0, 0.1) is 13.8 Å². The van der Waals surface area contributed by atoms with Crippen LogP contribution in [0.1, 0.15) is 40.2 Å². The molecular weight excluding hydrogens is 478 g/mol. The molecule has 1 amide bonds. The van der Waals surface area contributed by atoms with Crippen LogP contribution < -0.4 is 15.5 Å². The molecule has 4 rings (SSSR count). The Hall–Kier alpha value is -3.91. The summed E-state index contributed by atoms with van der Waals surface area (Å²) in [6.07, 6.45) is 0.761. The molecule has 2 heterocycles. The summed E-state index contributed by atoms with van der Waals surface area (Å²) in [7, 11) is 0. The van der Waals surface area contributed by atoms with Crippen LogP contribution in [0.25, 0.3) is 22.3 Å². The van der Waals surface area contributed by atoms with E-state index in [0.29, 0.717) is 27.1 Å². The molecule has 0 radical (unpaired) electrons. The highest BCUT2D eigenvalue weighted by Gasteiger charge is 2.23. The Bertz CT molecular complexity index is 1490. The average Bonchev–Trinajstić information content (AvgIpc) is 3.16. The number of amides is 1. The highest BCUT2D eigenvalue weighted by Crippen LogP contribution is 2.34. The van der Waals surface area contributed by atoms with Gasteiger partial charge in [0.05, 0.1) is 17.6 Å². The zero-order valence-electron chi connectivity index (χ0n) is 20.6. The van der Waals surface area contributed by atoms with Crippen LogP contribution in [0.15, 0.2) is 57.7 Å². The van der Waals surface area contributed by atoms with Gasteiger partial charge in [0.15, 0.2) is 12.4 Å². The van der Waals surface area contributed by atoms with E-state index in [1.165, 1.54) is 11.3 Å². The average molecular weight is 506 g/mol. The third-order valence-electron chi connectivity index (χ3n) is 5.82. The number of benzene rings is 2. The Morgan fingerprint density at radius 1 is 1.06 bits per heavy atom. The number of anilines is 1. The van der Waals surface area contributed by atoms with Crippen molar-refractivity contribution >= 4 is 39.2 Å². The summed E-state index contributed by atoms with van der Waals surface area (Å²) in [6.45, 7) is 7.18. The highest BCUT2D eigenvalue weighted by atomic mass is 32.1. The van der Waals surface area contributed by atoms with Crippen LogP contribution in [0.5, 0.6) is 5.75 Å². The van der Waals surface area contributed by atoms with Crippen LogP contribution in [0.2, 0.25) is 0 Å². The molecule has 0 aliphatic rings. The Labute approximate surface area is 212 Å². The van der Waals surface area contributed by atoms with Gasteiger partial charge < -0.3 is 19.2 Å². The van der Waals surface area contributed by atoms with E-state index in [0.717, 1.165) is 22.4 Å². The summed E-state index contributed by atoms with van der Waals surface area (Å²) in [4.78, 5) is 39.6. The molecule has 4 aromatic rings. The van der Waals surface area contributed by atoms with Gasteiger partial charge in [0.2, 0.25) is 11.2 Å². The van der Waals surface area contributed by atoms with Crippen LogP contribution in [-0.4, -0.2) is 25.1 Å². The van der Waals surface area contributed by atoms with Crippen molar-refractivity contribution in [3.8, 4) is 17.1 Å². The summed E-state index contributed by atoms with van der Waals surface area (Å²) in [5, 5.41) is 3.51. The molecule has 0 bridgehead atoms. The number of carbonyl (C=O) groups excluding carboxylic acids is 2. The molecule has 7 nitrogen and oxygen atoms in total. The van der Waals surface area contributed by atoms with Gasteiger partial charge in [-0.25, -0.2) is 4.79 Å². The Kier molecular flexibility index (Phi) is 7.55. The fourth-order valence-electron chi connectivity index (χ4n) is 3.82. The number of hydrogen-bond acceptors (Lipinski definition) is 7. The second kappa shape index (κ2) is 10.8. The van der Waals surface area contributed by atoms with Crippen molar-refractivity contribution in [2.75, 3.05) is 18.5 Å². The summed E-state index contributed by atoms with van der Waals surface area (Å²) in [5.41, 5.74) is 2.81. The standard InChI is InChI=1S/C28H27NO6S/c1-5-18-12-13-21-20(14-18)24(31)26(25(35-21)19-10-8-7-9-11-19)34-15-22(30)29-27-23(28(32)33-6-2)16(3)17(4)36-27/h7-14H,5-6,15H2,1-4H3,(H,29,30). The molecular formula is C28H27NO6S. The summed E-state index contributed by atoms with van der Waals surface area (Å²) < 4.78 is 17.0. The largest absolute Gasteiger partial charge is 0.476 e. The van der Waals surface area contributed by atoms with Crippen LogP contribution in [0.4, 0.5) is 5.00 Å². The minimum atomic E-state index is -0.511. The van der Waals surface area contributed by atoms with E-state index in [9.17, 15) is 14.4 Å². The quantitative estimate of drug-likeness (QED) is 0.300. The number of aryl methyl sites for hydroxylation is 2. The first-order valence-corrected chi connectivity index (χ1v) is 12.5. The molecule has 0 fully saturated rings.